The molecule has 2 aromatic heterocycles. The van der Waals surface area contributed by atoms with Gasteiger partial charge in [-0.1, -0.05) is 30.3 Å². The molecule has 1 N–H and O–H groups in total. The van der Waals surface area contributed by atoms with Crippen LogP contribution in [0, 0.1) is 0 Å². The van der Waals surface area contributed by atoms with Crippen LogP contribution in [0.25, 0.3) is 11.4 Å². The van der Waals surface area contributed by atoms with Gasteiger partial charge in [0.1, 0.15) is 11.5 Å². The fraction of sp³-hybridized carbons (Fsp3) is 0.318. The van der Waals surface area contributed by atoms with Crippen molar-refractivity contribution in [3.8, 4) is 11.4 Å². The van der Waals surface area contributed by atoms with E-state index in [4.69, 9.17) is 4.98 Å². The van der Waals surface area contributed by atoms with Gasteiger partial charge >= 0.3 is 0 Å². The summed E-state index contributed by atoms with van der Waals surface area (Å²) in [6.45, 7) is 0.663. The zero-order valence-electron chi connectivity index (χ0n) is 16.2. The first-order valence-corrected chi connectivity index (χ1v) is 10.8. The van der Waals surface area contributed by atoms with E-state index in [9.17, 15) is 9.59 Å². The lowest BCUT2D eigenvalue weighted by Crippen LogP contribution is -2.42. The average molecular weight is 407 g/mol. The van der Waals surface area contributed by atoms with Crippen molar-refractivity contribution in [1.29, 1.82) is 0 Å². The number of carbonyl (C=O) groups is 2. The zero-order chi connectivity index (χ0) is 20.0. The van der Waals surface area contributed by atoms with Gasteiger partial charge in [-0.3, -0.25) is 9.59 Å². The normalized spacial score (nSPS) is 20.2. The van der Waals surface area contributed by atoms with Crippen molar-refractivity contribution < 1.29 is 9.59 Å². The summed E-state index contributed by atoms with van der Waals surface area (Å²) in [6, 6.07) is 12.1. The highest BCUT2D eigenvalue weighted by atomic mass is 32.1. The summed E-state index contributed by atoms with van der Waals surface area (Å²) in [6.07, 6.45) is 2.58. The number of benzene rings is 1. The third-order valence-corrected chi connectivity index (χ3v) is 6.67. The fourth-order valence-corrected chi connectivity index (χ4v) is 5.27. The topological polar surface area (TPSA) is 67.2 Å². The molecule has 0 radical (unpaired) electrons. The summed E-state index contributed by atoms with van der Waals surface area (Å²) in [5, 5.41) is 6.58. The molecule has 3 aromatic rings. The largest absolute Gasteiger partial charge is 0.354 e. The van der Waals surface area contributed by atoms with Gasteiger partial charge in [0.2, 0.25) is 0 Å². The molecule has 2 amide bonds. The second-order valence-electron chi connectivity index (χ2n) is 7.60. The van der Waals surface area contributed by atoms with E-state index in [1.165, 1.54) is 0 Å². The van der Waals surface area contributed by atoms with Crippen LogP contribution in [0.15, 0.2) is 47.2 Å². The Kier molecular flexibility index (Phi) is 4.47. The molecule has 5 rings (SSSR count). The van der Waals surface area contributed by atoms with Crippen molar-refractivity contribution in [2.24, 2.45) is 0 Å². The smallest absolute Gasteiger partial charge is 0.271 e. The lowest BCUT2D eigenvalue weighted by Gasteiger charge is -2.28. The van der Waals surface area contributed by atoms with Crippen LogP contribution in [0.4, 0.5) is 0 Å². The number of carbonyl (C=O) groups excluding carboxylic acids is 2. The number of hydrogen-bond donors (Lipinski definition) is 1. The number of aromatic nitrogens is 2. The second-order valence-corrected chi connectivity index (χ2v) is 8.38. The predicted octanol–water partition coefficient (Wildman–Crippen LogP) is 3.20. The Morgan fingerprint density at radius 3 is 2.66 bits per heavy atom. The summed E-state index contributed by atoms with van der Waals surface area (Å²) >= 11 is 1.54. The van der Waals surface area contributed by atoms with E-state index in [0.29, 0.717) is 18.7 Å². The molecule has 29 heavy (non-hydrogen) atoms. The number of rotatable bonds is 3. The van der Waals surface area contributed by atoms with E-state index in [0.717, 1.165) is 35.5 Å². The van der Waals surface area contributed by atoms with Crippen LogP contribution < -0.4 is 5.32 Å². The fourth-order valence-electron chi connectivity index (χ4n) is 4.64. The maximum absolute atomic E-state index is 13.2. The highest BCUT2D eigenvalue weighted by Gasteiger charge is 2.42. The molecule has 0 spiro atoms. The molecule has 4 heterocycles. The Hall–Kier alpha value is -2.93. The number of thiophene rings is 1. The molecule has 2 aliphatic heterocycles. The minimum Gasteiger partial charge on any atom is -0.354 e. The van der Waals surface area contributed by atoms with Crippen LogP contribution in [0.2, 0.25) is 0 Å². The van der Waals surface area contributed by atoms with Crippen LogP contribution in [-0.4, -0.2) is 45.4 Å². The Bertz CT molecular complexity index is 1060. The first kappa shape index (κ1) is 18.1. The van der Waals surface area contributed by atoms with Crippen LogP contribution in [0.5, 0.6) is 0 Å². The molecule has 0 unspecified atom stereocenters. The molecule has 2 atom stereocenters. The van der Waals surface area contributed by atoms with Gasteiger partial charge in [-0.25, -0.2) is 4.98 Å². The first-order chi connectivity index (χ1) is 14.2. The Balaban J connectivity index is 1.60. The lowest BCUT2D eigenvalue weighted by molar-refractivity contribution is 0.0666. The molecule has 1 saturated heterocycles. The minimum atomic E-state index is -0.176. The average Bonchev–Trinajstić information content (AvgIpc) is 3.46. The van der Waals surface area contributed by atoms with Gasteiger partial charge in [-0.2, -0.15) is 11.3 Å². The maximum Gasteiger partial charge on any atom is 0.271 e. The van der Waals surface area contributed by atoms with E-state index < -0.39 is 0 Å². The minimum absolute atomic E-state index is 0.0948. The van der Waals surface area contributed by atoms with E-state index in [1.54, 1.807) is 18.4 Å². The summed E-state index contributed by atoms with van der Waals surface area (Å²) in [7, 11) is 1.63. The van der Waals surface area contributed by atoms with Gasteiger partial charge in [0.25, 0.3) is 11.8 Å². The molecule has 7 heteroatoms. The summed E-state index contributed by atoms with van der Waals surface area (Å²) < 4.78 is 2.16. The molecule has 0 aliphatic carbocycles. The maximum atomic E-state index is 13.2. The van der Waals surface area contributed by atoms with E-state index in [-0.39, 0.29) is 23.9 Å². The van der Waals surface area contributed by atoms with Crippen LogP contribution in [0.3, 0.4) is 0 Å². The summed E-state index contributed by atoms with van der Waals surface area (Å²) in [5.74, 6) is 0.722. The van der Waals surface area contributed by atoms with Crippen molar-refractivity contribution >= 4 is 23.2 Å². The molecular weight excluding hydrogens is 384 g/mol. The number of nitrogens with one attached hydrogen (secondary N) is 1. The van der Waals surface area contributed by atoms with Crippen molar-refractivity contribution in [3.05, 3.63) is 64.1 Å². The predicted molar refractivity (Wildman–Crippen MR) is 112 cm³/mol. The molecule has 148 valence electrons. The van der Waals surface area contributed by atoms with Gasteiger partial charge in [-0.05, 0) is 24.3 Å². The highest BCUT2D eigenvalue weighted by Crippen LogP contribution is 2.36. The SMILES string of the molecule is CNC(=O)c1nc(-c2ccccc2)n2c1C[C@@H]1CC[C@H](C2)N1C(=O)c1ccsc1. The Morgan fingerprint density at radius 2 is 1.93 bits per heavy atom. The molecule has 1 fully saturated rings. The van der Waals surface area contributed by atoms with Gasteiger partial charge < -0.3 is 14.8 Å². The van der Waals surface area contributed by atoms with E-state index in [1.807, 2.05) is 47.2 Å². The van der Waals surface area contributed by atoms with Crippen molar-refractivity contribution in [2.45, 2.75) is 37.9 Å². The number of hydrogen-bond acceptors (Lipinski definition) is 4. The van der Waals surface area contributed by atoms with Crippen molar-refractivity contribution in [3.63, 3.8) is 0 Å². The quantitative estimate of drug-likeness (QED) is 0.726. The standard InChI is InChI=1S/C22H22N4O2S/c1-23-21(27)19-18-11-16-7-8-17(26(16)22(28)15-9-10-29-13-15)12-25(18)20(24-19)14-5-3-2-4-6-14/h2-6,9-10,13,16-17H,7-8,11-12H2,1H3,(H,23,27)/t16-,17+/m0/s1. The summed E-state index contributed by atoms with van der Waals surface area (Å²) in [4.78, 5) is 32.6. The van der Waals surface area contributed by atoms with Crippen LogP contribution >= 0.6 is 11.3 Å². The Morgan fingerprint density at radius 1 is 1.14 bits per heavy atom. The molecule has 0 saturated carbocycles. The number of fused-ring (bicyclic) bond motifs is 3. The first-order valence-electron chi connectivity index (χ1n) is 9.89. The van der Waals surface area contributed by atoms with Crippen molar-refractivity contribution in [2.75, 3.05) is 7.05 Å². The molecule has 2 aliphatic rings. The van der Waals surface area contributed by atoms with Crippen molar-refractivity contribution in [1.82, 2.24) is 19.8 Å². The third-order valence-electron chi connectivity index (χ3n) is 5.99. The number of nitrogens with zero attached hydrogens (tertiary/aromatic N) is 3. The molecule has 6 nitrogen and oxygen atoms in total. The second kappa shape index (κ2) is 7.15. The number of imidazole rings is 1. The zero-order valence-corrected chi connectivity index (χ0v) is 17.0. The highest BCUT2D eigenvalue weighted by molar-refractivity contribution is 7.08. The summed E-state index contributed by atoms with van der Waals surface area (Å²) in [5.41, 5.74) is 3.14. The number of amides is 2. The van der Waals surface area contributed by atoms with E-state index >= 15 is 0 Å². The van der Waals surface area contributed by atoms with Gasteiger partial charge in [-0.15, -0.1) is 0 Å². The van der Waals surface area contributed by atoms with Crippen LogP contribution in [0.1, 0.15) is 39.4 Å². The monoisotopic (exact) mass is 406 g/mol. The molecule has 2 bridgehead atoms. The van der Waals surface area contributed by atoms with Gasteiger partial charge in [0.05, 0.1) is 17.3 Å². The Labute approximate surface area is 173 Å². The molecule has 1 aromatic carbocycles. The van der Waals surface area contributed by atoms with E-state index in [2.05, 4.69) is 14.8 Å². The van der Waals surface area contributed by atoms with Gasteiger partial charge in [0, 0.05) is 37.0 Å². The third kappa shape index (κ3) is 2.97. The molecular formula is C22H22N4O2S. The lowest BCUT2D eigenvalue weighted by atomic mass is 10.1. The van der Waals surface area contributed by atoms with Gasteiger partial charge in [0.15, 0.2) is 0 Å². The van der Waals surface area contributed by atoms with Crippen LogP contribution in [-0.2, 0) is 13.0 Å².